The second-order valence-corrected chi connectivity index (χ2v) is 6.98. The average molecular weight is 399 g/mol. The number of para-hydroxylation sites is 2. The van der Waals surface area contributed by atoms with E-state index in [0.29, 0.717) is 5.69 Å². The van der Waals surface area contributed by atoms with Crippen molar-refractivity contribution in [1.82, 2.24) is 0 Å². The summed E-state index contributed by atoms with van der Waals surface area (Å²) >= 11 is 0. The zero-order valence-electron chi connectivity index (χ0n) is 17.4. The van der Waals surface area contributed by atoms with Crippen LogP contribution in [0.1, 0.15) is 44.0 Å². The van der Waals surface area contributed by atoms with Gasteiger partial charge in [-0.3, -0.25) is 4.79 Å². The molecule has 0 aliphatic rings. The molecule has 0 amide bonds. The van der Waals surface area contributed by atoms with E-state index < -0.39 is 5.97 Å². The van der Waals surface area contributed by atoms with E-state index in [-0.39, 0.29) is 24.6 Å². The van der Waals surface area contributed by atoms with Crippen LogP contribution in [0.5, 0.6) is 5.75 Å². The number of carbonyl (C=O) groups is 2. The van der Waals surface area contributed by atoms with E-state index in [1.165, 1.54) is 13.0 Å². The number of benzene rings is 2. The Kier molecular flexibility index (Phi) is 8.52. The van der Waals surface area contributed by atoms with Crippen LogP contribution in [0.15, 0.2) is 48.5 Å². The Morgan fingerprint density at radius 3 is 2.28 bits per heavy atom. The second kappa shape index (κ2) is 11.1. The largest absolute Gasteiger partial charge is 0.478 e. The number of nitrogens with zero attached hydrogens (tertiary/aromatic N) is 2. The van der Waals surface area contributed by atoms with Crippen LogP contribution in [-0.4, -0.2) is 43.2 Å². The molecule has 0 aromatic heterocycles. The Morgan fingerprint density at radius 1 is 0.966 bits per heavy atom. The first-order valence-electron chi connectivity index (χ1n) is 10.0. The van der Waals surface area contributed by atoms with Crippen molar-refractivity contribution in [3.05, 3.63) is 54.1 Å². The summed E-state index contributed by atoms with van der Waals surface area (Å²) in [6, 6.07) is 14.4. The average Bonchev–Trinajstić information content (AvgIpc) is 2.71. The lowest BCUT2D eigenvalue weighted by atomic mass is 10.2. The van der Waals surface area contributed by atoms with Crippen LogP contribution in [0.2, 0.25) is 0 Å². The monoisotopic (exact) mass is 398 g/mol. The van der Waals surface area contributed by atoms with Crippen molar-refractivity contribution >= 4 is 23.1 Å². The van der Waals surface area contributed by atoms with Gasteiger partial charge in [0.05, 0.1) is 17.8 Å². The Balaban J connectivity index is 2.25. The molecule has 0 bridgehead atoms. The summed E-state index contributed by atoms with van der Waals surface area (Å²) in [7, 11) is 0. The topological polar surface area (TPSA) is 70.1 Å². The molecule has 1 N–H and O–H groups in total. The Morgan fingerprint density at radius 2 is 1.66 bits per heavy atom. The predicted octanol–water partition coefficient (Wildman–Crippen LogP) is 4.44. The molecule has 0 fully saturated rings. The third-order valence-corrected chi connectivity index (χ3v) is 4.44. The smallest absolute Gasteiger partial charge is 0.335 e. The molecule has 2 aromatic rings. The van der Waals surface area contributed by atoms with E-state index in [1.807, 2.05) is 24.3 Å². The van der Waals surface area contributed by atoms with Crippen molar-refractivity contribution in [2.45, 2.75) is 33.6 Å². The molecule has 6 heteroatoms. The van der Waals surface area contributed by atoms with E-state index in [2.05, 4.69) is 18.7 Å². The maximum Gasteiger partial charge on any atom is 0.335 e. The van der Waals surface area contributed by atoms with Crippen LogP contribution < -0.4 is 14.5 Å². The predicted molar refractivity (Wildman–Crippen MR) is 116 cm³/mol. The van der Waals surface area contributed by atoms with Crippen LogP contribution in [0, 0.1) is 0 Å². The third-order valence-electron chi connectivity index (χ3n) is 4.44. The molecule has 0 spiro atoms. The van der Waals surface area contributed by atoms with Crippen LogP contribution >= 0.6 is 0 Å². The molecule has 0 radical (unpaired) electrons. The highest BCUT2D eigenvalue weighted by Gasteiger charge is 2.15. The SMILES string of the molecule is CCCN(CCC)c1ccccc1OCN(CC(C)=O)c1cccc(C(=O)O)c1. The van der Waals surface area contributed by atoms with Crippen LogP contribution in [-0.2, 0) is 4.79 Å². The molecule has 0 atom stereocenters. The first kappa shape index (κ1) is 22.3. The highest BCUT2D eigenvalue weighted by atomic mass is 16.5. The van der Waals surface area contributed by atoms with E-state index in [4.69, 9.17) is 4.74 Å². The maximum atomic E-state index is 11.8. The molecular formula is C23H30N2O4. The number of ether oxygens (including phenoxy) is 1. The standard InChI is InChI=1S/C23H30N2O4/c1-4-13-24(14-5-2)21-11-6-7-12-22(21)29-17-25(16-18(3)26)20-10-8-9-19(15-20)23(27)28/h6-12,15H,4-5,13-14,16-17H2,1-3H3,(H,27,28). The fraction of sp³-hybridized carbons (Fsp3) is 0.391. The first-order valence-corrected chi connectivity index (χ1v) is 10.0. The molecule has 0 unspecified atom stereocenters. The molecule has 0 saturated carbocycles. The normalized spacial score (nSPS) is 10.4. The van der Waals surface area contributed by atoms with Crippen molar-refractivity contribution < 1.29 is 19.4 Å². The quantitative estimate of drug-likeness (QED) is 0.533. The van der Waals surface area contributed by atoms with Crippen molar-refractivity contribution in [3.63, 3.8) is 0 Å². The summed E-state index contributed by atoms with van der Waals surface area (Å²) in [5.41, 5.74) is 1.84. The number of hydrogen-bond acceptors (Lipinski definition) is 5. The minimum absolute atomic E-state index is 0.0267. The van der Waals surface area contributed by atoms with Gasteiger partial charge in [-0.1, -0.05) is 32.0 Å². The Labute approximate surface area is 172 Å². The summed E-state index contributed by atoms with van der Waals surface area (Å²) in [5.74, 6) is -0.283. The number of aromatic carboxylic acids is 1. The van der Waals surface area contributed by atoms with Crippen molar-refractivity contribution in [3.8, 4) is 5.75 Å². The number of carboxylic acids is 1. The molecule has 0 heterocycles. The first-order chi connectivity index (χ1) is 14.0. The van der Waals surface area contributed by atoms with Gasteiger partial charge >= 0.3 is 5.97 Å². The summed E-state index contributed by atoms with van der Waals surface area (Å²) in [6.07, 6.45) is 2.07. The minimum Gasteiger partial charge on any atom is -0.478 e. The van der Waals surface area contributed by atoms with Gasteiger partial charge in [0.25, 0.3) is 0 Å². The van der Waals surface area contributed by atoms with Crippen LogP contribution in [0.3, 0.4) is 0 Å². The zero-order valence-corrected chi connectivity index (χ0v) is 17.4. The zero-order chi connectivity index (χ0) is 21.2. The van der Waals surface area contributed by atoms with Gasteiger partial charge in [-0.05, 0) is 50.1 Å². The number of rotatable bonds is 12. The van der Waals surface area contributed by atoms with Crippen molar-refractivity contribution in [2.75, 3.05) is 36.2 Å². The number of carboxylic acid groups (broad SMARTS) is 1. The lowest BCUT2D eigenvalue weighted by molar-refractivity contribution is -0.115. The number of anilines is 2. The molecule has 6 nitrogen and oxygen atoms in total. The summed E-state index contributed by atoms with van der Waals surface area (Å²) in [6.45, 7) is 7.96. The second-order valence-electron chi connectivity index (χ2n) is 6.98. The van der Waals surface area contributed by atoms with Gasteiger partial charge in [-0.25, -0.2) is 4.79 Å². The van der Waals surface area contributed by atoms with Gasteiger partial charge in [-0.2, -0.15) is 0 Å². The lowest BCUT2D eigenvalue weighted by Gasteiger charge is -2.28. The minimum atomic E-state index is -1.00. The van der Waals surface area contributed by atoms with E-state index in [9.17, 15) is 14.7 Å². The van der Waals surface area contributed by atoms with Gasteiger partial charge in [0.2, 0.25) is 0 Å². The number of carbonyl (C=O) groups excluding carboxylic acids is 1. The number of hydrogen-bond donors (Lipinski definition) is 1. The highest BCUT2D eigenvalue weighted by molar-refractivity contribution is 5.89. The van der Waals surface area contributed by atoms with E-state index in [1.54, 1.807) is 23.1 Å². The number of Topliss-reactive ketones (excluding diaryl/α,β-unsaturated/α-hetero) is 1. The van der Waals surface area contributed by atoms with Gasteiger partial charge in [0.15, 0.2) is 6.73 Å². The molecular weight excluding hydrogens is 368 g/mol. The van der Waals surface area contributed by atoms with Crippen molar-refractivity contribution in [1.29, 1.82) is 0 Å². The maximum absolute atomic E-state index is 11.8. The molecule has 29 heavy (non-hydrogen) atoms. The molecule has 0 aliphatic heterocycles. The third kappa shape index (κ3) is 6.52. The van der Waals surface area contributed by atoms with Gasteiger partial charge < -0.3 is 19.6 Å². The summed E-state index contributed by atoms with van der Waals surface area (Å²) < 4.78 is 6.11. The Hall–Kier alpha value is -3.02. The summed E-state index contributed by atoms with van der Waals surface area (Å²) in [4.78, 5) is 27.1. The molecule has 2 rings (SSSR count). The lowest BCUT2D eigenvalue weighted by Crippen LogP contribution is -2.33. The molecule has 0 aliphatic carbocycles. The van der Waals surface area contributed by atoms with Gasteiger partial charge in [0, 0.05) is 18.8 Å². The summed E-state index contributed by atoms with van der Waals surface area (Å²) in [5, 5.41) is 9.26. The highest BCUT2D eigenvalue weighted by Crippen LogP contribution is 2.29. The fourth-order valence-corrected chi connectivity index (χ4v) is 3.20. The van der Waals surface area contributed by atoms with Crippen LogP contribution in [0.25, 0.3) is 0 Å². The van der Waals surface area contributed by atoms with Crippen LogP contribution in [0.4, 0.5) is 11.4 Å². The van der Waals surface area contributed by atoms with Gasteiger partial charge in [0.1, 0.15) is 11.5 Å². The van der Waals surface area contributed by atoms with E-state index in [0.717, 1.165) is 37.4 Å². The fourth-order valence-electron chi connectivity index (χ4n) is 3.20. The Bertz CT molecular complexity index is 816. The van der Waals surface area contributed by atoms with Crippen molar-refractivity contribution in [2.24, 2.45) is 0 Å². The molecule has 2 aromatic carbocycles. The van der Waals surface area contributed by atoms with Gasteiger partial charge in [-0.15, -0.1) is 0 Å². The molecule has 156 valence electrons. The van der Waals surface area contributed by atoms with E-state index >= 15 is 0 Å². The number of ketones is 1. The molecule has 0 saturated heterocycles.